The van der Waals surface area contributed by atoms with Crippen LogP contribution in [0.25, 0.3) is 0 Å². The van der Waals surface area contributed by atoms with Gasteiger partial charge < -0.3 is 10.2 Å². The standard InChI is InChI=1S/C21H38N4O/c1-9-10-11-24(18-13-20(5,6)23-21(7,8)14-18)19(26)17(4)25-16(3)12-15(2)22-25/h12,17-18,23H,9-11,13-14H2,1-8H3. The van der Waals surface area contributed by atoms with Crippen molar-refractivity contribution in [2.75, 3.05) is 6.54 Å². The molecular weight excluding hydrogens is 324 g/mol. The van der Waals surface area contributed by atoms with Crippen LogP contribution in [0.5, 0.6) is 0 Å². The van der Waals surface area contributed by atoms with Crippen LogP contribution in [-0.4, -0.2) is 44.3 Å². The zero-order chi connectivity index (χ0) is 19.7. The highest BCUT2D eigenvalue weighted by molar-refractivity contribution is 5.80. The first kappa shape index (κ1) is 20.9. The van der Waals surface area contributed by atoms with Crippen molar-refractivity contribution in [3.8, 4) is 0 Å². The number of carbonyl (C=O) groups excluding carboxylic acids is 1. The third kappa shape index (κ3) is 4.87. The van der Waals surface area contributed by atoms with Crippen molar-refractivity contribution >= 4 is 5.91 Å². The summed E-state index contributed by atoms with van der Waals surface area (Å²) in [5.74, 6) is 0.197. The summed E-state index contributed by atoms with van der Waals surface area (Å²) in [5.41, 5.74) is 2.06. The van der Waals surface area contributed by atoms with E-state index in [9.17, 15) is 4.79 Å². The second kappa shape index (κ2) is 7.71. The SMILES string of the molecule is CCCCN(C(=O)C(C)n1nc(C)cc1C)C1CC(C)(C)NC(C)(C)C1. The van der Waals surface area contributed by atoms with E-state index in [-0.39, 0.29) is 29.1 Å². The summed E-state index contributed by atoms with van der Waals surface area (Å²) >= 11 is 0. The van der Waals surface area contributed by atoms with Gasteiger partial charge in [0.05, 0.1) is 5.69 Å². The minimum absolute atomic E-state index is 0.0264. The summed E-state index contributed by atoms with van der Waals surface area (Å²) in [7, 11) is 0. The van der Waals surface area contributed by atoms with Gasteiger partial charge in [-0.25, -0.2) is 0 Å². The van der Waals surface area contributed by atoms with Crippen molar-refractivity contribution in [2.45, 2.75) is 104 Å². The second-order valence-corrected chi connectivity index (χ2v) is 9.39. The van der Waals surface area contributed by atoms with Crippen molar-refractivity contribution in [1.29, 1.82) is 0 Å². The fourth-order valence-corrected chi connectivity index (χ4v) is 4.67. The van der Waals surface area contributed by atoms with Gasteiger partial charge >= 0.3 is 0 Å². The lowest BCUT2D eigenvalue weighted by atomic mass is 9.78. The number of aryl methyl sites for hydroxylation is 2. The largest absolute Gasteiger partial charge is 0.338 e. The highest BCUT2D eigenvalue weighted by Gasteiger charge is 2.41. The van der Waals surface area contributed by atoms with E-state index in [2.05, 4.69) is 49.9 Å². The molecule has 1 aromatic rings. The molecule has 1 aromatic heterocycles. The first-order valence-electron chi connectivity index (χ1n) is 10.1. The molecule has 1 N–H and O–H groups in total. The average Bonchev–Trinajstić information content (AvgIpc) is 2.82. The van der Waals surface area contributed by atoms with Gasteiger partial charge in [-0.05, 0) is 73.8 Å². The molecule has 1 amide bonds. The molecule has 0 bridgehead atoms. The monoisotopic (exact) mass is 362 g/mol. The molecule has 1 atom stereocenters. The molecule has 1 aliphatic heterocycles. The summed E-state index contributed by atoms with van der Waals surface area (Å²) in [4.78, 5) is 15.6. The van der Waals surface area contributed by atoms with Crippen LogP contribution in [0.2, 0.25) is 0 Å². The molecule has 0 saturated carbocycles. The molecular formula is C21H38N4O. The van der Waals surface area contributed by atoms with Crippen molar-refractivity contribution < 1.29 is 4.79 Å². The van der Waals surface area contributed by atoms with E-state index in [4.69, 9.17) is 0 Å². The molecule has 0 aromatic carbocycles. The van der Waals surface area contributed by atoms with Crippen LogP contribution in [0.3, 0.4) is 0 Å². The predicted molar refractivity (Wildman–Crippen MR) is 107 cm³/mol. The van der Waals surface area contributed by atoms with E-state index in [0.717, 1.165) is 43.6 Å². The van der Waals surface area contributed by atoms with E-state index in [1.54, 1.807) is 0 Å². The first-order chi connectivity index (χ1) is 12.0. The second-order valence-electron chi connectivity index (χ2n) is 9.39. The highest BCUT2D eigenvalue weighted by Crippen LogP contribution is 2.33. The maximum absolute atomic E-state index is 13.5. The minimum Gasteiger partial charge on any atom is -0.338 e. The Morgan fingerprint density at radius 1 is 1.31 bits per heavy atom. The number of nitrogens with one attached hydrogen (secondary N) is 1. The maximum atomic E-state index is 13.5. The van der Waals surface area contributed by atoms with Gasteiger partial charge in [0.1, 0.15) is 6.04 Å². The minimum atomic E-state index is -0.262. The topological polar surface area (TPSA) is 50.2 Å². The predicted octanol–water partition coefficient (Wildman–Crippen LogP) is 4.00. The highest BCUT2D eigenvalue weighted by atomic mass is 16.2. The summed E-state index contributed by atoms with van der Waals surface area (Å²) in [6.45, 7) is 18.0. The lowest BCUT2D eigenvalue weighted by molar-refractivity contribution is -0.139. The third-order valence-electron chi connectivity index (χ3n) is 5.41. The quantitative estimate of drug-likeness (QED) is 0.832. The van der Waals surface area contributed by atoms with Gasteiger partial charge in [-0.15, -0.1) is 0 Å². The van der Waals surface area contributed by atoms with Gasteiger partial charge in [0.15, 0.2) is 0 Å². The number of aromatic nitrogens is 2. The zero-order valence-electron chi connectivity index (χ0n) is 18.0. The van der Waals surface area contributed by atoms with Gasteiger partial charge in [0, 0.05) is 29.4 Å². The van der Waals surface area contributed by atoms with Gasteiger partial charge in [-0.2, -0.15) is 5.10 Å². The summed E-state index contributed by atoms with van der Waals surface area (Å²) in [6, 6.07) is 2.04. The fraction of sp³-hybridized carbons (Fsp3) is 0.810. The molecule has 2 heterocycles. The summed E-state index contributed by atoms with van der Waals surface area (Å²) in [6.07, 6.45) is 4.10. The number of unbranched alkanes of at least 4 members (excludes halogenated alkanes) is 1. The van der Waals surface area contributed by atoms with E-state index in [0.29, 0.717) is 0 Å². The molecule has 5 heteroatoms. The van der Waals surface area contributed by atoms with Crippen molar-refractivity contribution in [3.63, 3.8) is 0 Å². The molecule has 148 valence electrons. The van der Waals surface area contributed by atoms with Crippen molar-refractivity contribution in [3.05, 3.63) is 17.5 Å². The lowest BCUT2D eigenvalue weighted by Crippen LogP contribution is -2.63. The van der Waals surface area contributed by atoms with Crippen LogP contribution in [0, 0.1) is 13.8 Å². The molecule has 0 spiro atoms. The van der Waals surface area contributed by atoms with Crippen molar-refractivity contribution in [1.82, 2.24) is 20.0 Å². The smallest absolute Gasteiger partial charge is 0.247 e. The Kier molecular flexibility index (Phi) is 6.21. The van der Waals surface area contributed by atoms with E-state index in [1.807, 2.05) is 31.5 Å². The van der Waals surface area contributed by atoms with Crippen LogP contribution in [0.1, 0.15) is 84.7 Å². The normalized spacial score (nSPS) is 20.8. The molecule has 1 fully saturated rings. The van der Waals surface area contributed by atoms with Crippen LogP contribution in [0.15, 0.2) is 6.07 Å². The number of amides is 1. The van der Waals surface area contributed by atoms with Crippen LogP contribution < -0.4 is 5.32 Å². The summed E-state index contributed by atoms with van der Waals surface area (Å²) in [5, 5.41) is 8.28. The number of hydrogen-bond donors (Lipinski definition) is 1. The fourth-order valence-electron chi connectivity index (χ4n) is 4.67. The molecule has 0 radical (unpaired) electrons. The number of nitrogens with zero attached hydrogens (tertiary/aromatic N) is 3. The van der Waals surface area contributed by atoms with Gasteiger partial charge in [-0.1, -0.05) is 13.3 Å². The lowest BCUT2D eigenvalue weighted by Gasteiger charge is -2.50. The molecule has 2 rings (SSSR count). The Morgan fingerprint density at radius 2 is 1.88 bits per heavy atom. The third-order valence-corrected chi connectivity index (χ3v) is 5.41. The molecule has 5 nitrogen and oxygen atoms in total. The molecule has 0 aliphatic carbocycles. The van der Waals surface area contributed by atoms with Gasteiger partial charge in [-0.3, -0.25) is 9.48 Å². The average molecular weight is 363 g/mol. The van der Waals surface area contributed by atoms with Crippen molar-refractivity contribution in [2.24, 2.45) is 0 Å². The molecule has 1 saturated heterocycles. The van der Waals surface area contributed by atoms with Gasteiger partial charge in [0.25, 0.3) is 0 Å². The maximum Gasteiger partial charge on any atom is 0.247 e. The van der Waals surface area contributed by atoms with E-state index in [1.165, 1.54) is 0 Å². The molecule has 26 heavy (non-hydrogen) atoms. The molecule has 1 aliphatic rings. The van der Waals surface area contributed by atoms with Crippen LogP contribution in [0.4, 0.5) is 0 Å². The van der Waals surface area contributed by atoms with Crippen LogP contribution >= 0.6 is 0 Å². The Hall–Kier alpha value is -1.36. The number of carbonyl (C=O) groups is 1. The number of rotatable bonds is 6. The number of piperidine rings is 1. The molecule has 1 unspecified atom stereocenters. The van der Waals surface area contributed by atoms with Crippen LogP contribution in [-0.2, 0) is 4.79 Å². The Labute approximate surface area is 159 Å². The zero-order valence-corrected chi connectivity index (χ0v) is 18.0. The van der Waals surface area contributed by atoms with E-state index >= 15 is 0 Å². The first-order valence-corrected chi connectivity index (χ1v) is 10.1. The Balaban J connectivity index is 2.28. The van der Waals surface area contributed by atoms with Gasteiger partial charge in [0.2, 0.25) is 5.91 Å². The van der Waals surface area contributed by atoms with E-state index < -0.39 is 0 Å². The summed E-state index contributed by atoms with van der Waals surface area (Å²) < 4.78 is 1.88. The Morgan fingerprint density at radius 3 is 2.35 bits per heavy atom. The Bertz CT molecular complexity index is 616. The number of hydrogen-bond acceptors (Lipinski definition) is 3.